The Balaban J connectivity index is 2.53. The Morgan fingerprint density at radius 2 is 2.06 bits per heavy atom. The fourth-order valence-corrected chi connectivity index (χ4v) is 2.00. The van der Waals surface area contributed by atoms with Gasteiger partial charge >= 0.3 is 0 Å². The highest BCUT2D eigenvalue weighted by Gasteiger charge is 2.13. The van der Waals surface area contributed by atoms with Crippen molar-refractivity contribution < 1.29 is 4.42 Å². The van der Waals surface area contributed by atoms with E-state index in [-0.39, 0.29) is 0 Å². The van der Waals surface area contributed by atoms with Gasteiger partial charge in [-0.1, -0.05) is 27.2 Å². The molecule has 1 N–H and O–H groups in total. The van der Waals surface area contributed by atoms with Crippen LogP contribution < -0.4 is 5.32 Å². The number of hydrogen-bond acceptors (Lipinski definition) is 3. The quantitative estimate of drug-likeness (QED) is 0.768. The van der Waals surface area contributed by atoms with Crippen molar-refractivity contribution in [2.45, 2.75) is 65.7 Å². The van der Waals surface area contributed by atoms with E-state index in [0.29, 0.717) is 12.1 Å². The first-order chi connectivity index (χ1) is 8.54. The van der Waals surface area contributed by atoms with E-state index in [4.69, 9.17) is 4.42 Å². The minimum Gasteiger partial charge on any atom is -0.468 e. The second-order valence-corrected chi connectivity index (χ2v) is 5.46. The van der Waals surface area contributed by atoms with Crippen LogP contribution in [0.25, 0.3) is 0 Å². The van der Waals surface area contributed by atoms with Crippen LogP contribution >= 0.6 is 0 Å². The molecule has 0 saturated carbocycles. The van der Waals surface area contributed by atoms with Crippen LogP contribution in [-0.2, 0) is 13.1 Å². The number of nitrogens with zero attached hydrogens (tertiary/aromatic N) is 1. The zero-order valence-electron chi connectivity index (χ0n) is 12.5. The van der Waals surface area contributed by atoms with E-state index in [1.54, 1.807) is 6.26 Å². The lowest BCUT2D eigenvalue weighted by molar-refractivity contribution is 0.218. The summed E-state index contributed by atoms with van der Waals surface area (Å²) >= 11 is 0. The van der Waals surface area contributed by atoms with Gasteiger partial charge in [-0.05, 0) is 26.5 Å². The summed E-state index contributed by atoms with van der Waals surface area (Å²) in [5.41, 5.74) is 1.28. The highest BCUT2D eigenvalue weighted by atomic mass is 16.3. The van der Waals surface area contributed by atoms with Gasteiger partial charge in [0.15, 0.2) is 0 Å². The lowest BCUT2D eigenvalue weighted by Crippen LogP contribution is -2.29. The summed E-state index contributed by atoms with van der Waals surface area (Å²) in [6, 6.07) is 3.18. The topological polar surface area (TPSA) is 28.4 Å². The Kier molecular flexibility index (Phi) is 6.44. The van der Waals surface area contributed by atoms with Gasteiger partial charge in [-0.25, -0.2) is 0 Å². The van der Waals surface area contributed by atoms with Crippen LogP contribution in [0.2, 0.25) is 0 Å². The van der Waals surface area contributed by atoms with Crippen molar-refractivity contribution in [3.8, 4) is 0 Å². The second-order valence-electron chi connectivity index (χ2n) is 5.46. The Morgan fingerprint density at radius 1 is 1.33 bits per heavy atom. The van der Waals surface area contributed by atoms with Crippen molar-refractivity contribution in [2.24, 2.45) is 0 Å². The minimum atomic E-state index is 0.504. The zero-order valence-corrected chi connectivity index (χ0v) is 12.5. The molecule has 0 saturated heterocycles. The Bertz CT molecular complexity index is 333. The molecule has 1 unspecified atom stereocenters. The van der Waals surface area contributed by atoms with Crippen LogP contribution in [0.4, 0.5) is 0 Å². The third kappa shape index (κ3) is 4.83. The van der Waals surface area contributed by atoms with E-state index in [0.717, 1.165) is 18.8 Å². The first-order valence-corrected chi connectivity index (χ1v) is 7.03. The molecule has 0 spiro atoms. The maximum atomic E-state index is 5.61. The van der Waals surface area contributed by atoms with Crippen LogP contribution in [0, 0.1) is 0 Å². The maximum Gasteiger partial charge on any atom is 0.122 e. The molecule has 0 amide bonds. The van der Waals surface area contributed by atoms with Gasteiger partial charge in [0.1, 0.15) is 5.76 Å². The molecule has 0 aromatic carbocycles. The monoisotopic (exact) mass is 252 g/mol. The van der Waals surface area contributed by atoms with Crippen molar-refractivity contribution in [3.05, 3.63) is 23.7 Å². The maximum absolute atomic E-state index is 5.61. The number of hydrogen-bond donors (Lipinski definition) is 1. The van der Waals surface area contributed by atoms with Crippen LogP contribution in [0.3, 0.4) is 0 Å². The summed E-state index contributed by atoms with van der Waals surface area (Å²) in [5.74, 6) is 1.09. The van der Waals surface area contributed by atoms with Gasteiger partial charge in [0.2, 0.25) is 0 Å². The van der Waals surface area contributed by atoms with Crippen LogP contribution in [-0.4, -0.2) is 24.0 Å². The van der Waals surface area contributed by atoms with Crippen molar-refractivity contribution in [2.75, 3.05) is 7.05 Å². The molecule has 1 aromatic heterocycles. The van der Waals surface area contributed by atoms with Crippen molar-refractivity contribution in [1.29, 1.82) is 0 Å². The highest BCUT2D eigenvalue weighted by Crippen LogP contribution is 2.15. The largest absolute Gasteiger partial charge is 0.468 e. The predicted molar refractivity (Wildman–Crippen MR) is 76.5 cm³/mol. The lowest BCUT2D eigenvalue weighted by Gasteiger charge is -2.23. The number of furan rings is 1. The average Bonchev–Trinajstić information content (AvgIpc) is 2.74. The third-order valence-corrected chi connectivity index (χ3v) is 3.39. The molecule has 0 fully saturated rings. The summed E-state index contributed by atoms with van der Waals surface area (Å²) in [6.07, 6.45) is 4.26. The Morgan fingerprint density at radius 3 is 2.67 bits per heavy atom. The normalized spacial score (nSPS) is 13.5. The van der Waals surface area contributed by atoms with E-state index < -0.39 is 0 Å². The lowest BCUT2D eigenvalue weighted by atomic mass is 10.1. The van der Waals surface area contributed by atoms with Gasteiger partial charge in [0, 0.05) is 24.2 Å². The minimum absolute atomic E-state index is 0.504. The molecule has 1 aromatic rings. The SMILES string of the molecule is CCCC(C)N(C)Cc1occc1CNC(C)C. The smallest absolute Gasteiger partial charge is 0.122 e. The van der Waals surface area contributed by atoms with Gasteiger partial charge in [-0.3, -0.25) is 4.90 Å². The summed E-state index contributed by atoms with van der Waals surface area (Å²) in [5, 5.41) is 3.44. The molecular weight excluding hydrogens is 224 g/mol. The van der Waals surface area contributed by atoms with Gasteiger partial charge < -0.3 is 9.73 Å². The fraction of sp³-hybridized carbons (Fsp3) is 0.733. The highest BCUT2D eigenvalue weighted by molar-refractivity contribution is 5.16. The van der Waals surface area contributed by atoms with Gasteiger partial charge in [-0.15, -0.1) is 0 Å². The summed E-state index contributed by atoms with van der Waals surface area (Å²) < 4.78 is 5.61. The molecule has 0 aliphatic heterocycles. The first-order valence-electron chi connectivity index (χ1n) is 7.03. The number of nitrogens with one attached hydrogen (secondary N) is 1. The summed E-state index contributed by atoms with van der Waals surface area (Å²) in [6.45, 7) is 10.6. The molecule has 3 heteroatoms. The molecule has 0 bridgehead atoms. The molecule has 0 radical (unpaired) electrons. The molecule has 18 heavy (non-hydrogen) atoms. The van der Waals surface area contributed by atoms with Crippen molar-refractivity contribution >= 4 is 0 Å². The molecular formula is C15H28N2O. The van der Waals surface area contributed by atoms with E-state index in [1.165, 1.54) is 18.4 Å². The number of rotatable bonds is 8. The molecule has 1 rings (SSSR count). The molecule has 0 aliphatic carbocycles. The summed E-state index contributed by atoms with van der Waals surface area (Å²) in [7, 11) is 2.17. The Hall–Kier alpha value is -0.800. The van der Waals surface area contributed by atoms with Crippen molar-refractivity contribution in [1.82, 2.24) is 10.2 Å². The third-order valence-electron chi connectivity index (χ3n) is 3.39. The Labute approximate surface area is 112 Å². The van der Waals surface area contributed by atoms with E-state index in [1.807, 2.05) is 0 Å². The second kappa shape index (κ2) is 7.59. The van der Waals surface area contributed by atoms with Gasteiger partial charge in [-0.2, -0.15) is 0 Å². The van der Waals surface area contributed by atoms with Crippen LogP contribution in [0.1, 0.15) is 51.9 Å². The molecule has 104 valence electrons. The molecule has 0 aliphatic rings. The first kappa shape index (κ1) is 15.3. The molecule has 1 atom stereocenters. The van der Waals surface area contributed by atoms with E-state index in [2.05, 4.69) is 51.0 Å². The van der Waals surface area contributed by atoms with Gasteiger partial charge in [0.05, 0.1) is 12.8 Å². The standard InChI is InChI=1S/C15H28N2O/c1-6-7-13(4)17(5)11-15-14(8-9-18-15)10-16-12(2)3/h8-9,12-13,16H,6-7,10-11H2,1-5H3. The van der Waals surface area contributed by atoms with Crippen LogP contribution in [0.5, 0.6) is 0 Å². The van der Waals surface area contributed by atoms with Crippen LogP contribution in [0.15, 0.2) is 16.7 Å². The zero-order chi connectivity index (χ0) is 13.5. The molecule has 1 heterocycles. The molecule has 3 nitrogen and oxygen atoms in total. The van der Waals surface area contributed by atoms with E-state index >= 15 is 0 Å². The predicted octanol–water partition coefficient (Wildman–Crippen LogP) is 3.40. The van der Waals surface area contributed by atoms with Gasteiger partial charge in [0.25, 0.3) is 0 Å². The fourth-order valence-electron chi connectivity index (χ4n) is 2.00. The van der Waals surface area contributed by atoms with Crippen molar-refractivity contribution in [3.63, 3.8) is 0 Å². The van der Waals surface area contributed by atoms with E-state index in [9.17, 15) is 0 Å². The average molecular weight is 252 g/mol. The summed E-state index contributed by atoms with van der Waals surface area (Å²) in [4.78, 5) is 2.36.